The standard InChI is InChI=1S/C19H19N5O2/c1-14-13-16(26-22-14)19(25)24-11-9-23(10-12-24)17-7-8-20-18(21-17)15-5-3-2-4-6-15/h2-8,13H,9-12H2,1H3. The topological polar surface area (TPSA) is 75.4 Å². The van der Waals surface area contributed by atoms with Gasteiger partial charge in [0.1, 0.15) is 5.82 Å². The Bertz CT molecular complexity index is 901. The van der Waals surface area contributed by atoms with Crippen LogP contribution in [0, 0.1) is 6.92 Å². The van der Waals surface area contributed by atoms with E-state index in [0.717, 1.165) is 11.4 Å². The highest BCUT2D eigenvalue weighted by atomic mass is 16.5. The van der Waals surface area contributed by atoms with Crippen molar-refractivity contribution in [2.75, 3.05) is 31.1 Å². The number of benzene rings is 1. The van der Waals surface area contributed by atoms with Gasteiger partial charge in [-0.1, -0.05) is 35.5 Å². The molecular formula is C19H19N5O2. The van der Waals surface area contributed by atoms with E-state index in [1.165, 1.54) is 0 Å². The van der Waals surface area contributed by atoms with Gasteiger partial charge in [-0.25, -0.2) is 9.97 Å². The number of carbonyl (C=O) groups is 1. The number of piperazine rings is 1. The first kappa shape index (κ1) is 16.3. The summed E-state index contributed by atoms with van der Waals surface area (Å²) in [7, 11) is 0. The Hall–Kier alpha value is -3.22. The molecule has 1 aliphatic rings. The number of hydrogen-bond donors (Lipinski definition) is 0. The van der Waals surface area contributed by atoms with Crippen LogP contribution >= 0.6 is 0 Å². The van der Waals surface area contributed by atoms with Crippen LogP contribution in [0.25, 0.3) is 11.4 Å². The summed E-state index contributed by atoms with van der Waals surface area (Å²) < 4.78 is 5.08. The van der Waals surface area contributed by atoms with Gasteiger partial charge < -0.3 is 14.3 Å². The van der Waals surface area contributed by atoms with Crippen LogP contribution < -0.4 is 4.90 Å². The molecule has 7 heteroatoms. The van der Waals surface area contributed by atoms with Gasteiger partial charge in [0.05, 0.1) is 5.69 Å². The summed E-state index contributed by atoms with van der Waals surface area (Å²) in [6.07, 6.45) is 1.78. The smallest absolute Gasteiger partial charge is 0.292 e. The maximum Gasteiger partial charge on any atom is 0.292 e. The SMILES string of the molecule is Cc1cc(C(=O)N2CCN(c3ccnc(-c4ccccc4)n3)CC2)on1. The fraction of sp³-hybridized carbons (Fsp3) is 0.263. The van der Waals surface area contributed by atoms with Gasteiger partial charge in [-0.05, 0) is 13.0 Å². The Morgan fingerprint density at radius 2 is 1.85 bits per heavy atom. The Labute approximate surface area is 151 Å². The molecule has 4 rings (SSSR count). The number of aryl methyl sites for hydroxylation is 1. The summed E-state index contributed by atoms with van der Waals surface area (Å²) in [6.45, 7) is 4.46. The molecule has 0 saturated carbocycles. The summed E-state index contributed by atoms with van der Waals surface area (Å²) >= 11 is 0. The molecule has 0 aliphatic carbocycles. The maximum absolute atomic E-state index is 12.4. The summed E-state index contributed by atoms with van der Waals surface area (Å²) in [6, 6.07) is 13.5. The Balaban J connectivity index is 1.44. The largest absolute Gasteiger partial charge is 0.353 e. The highest BCUT2D eigenvalue weighted by Crippen LogP contribution is 2.19. The van der Waals surface area contributed by atoms with Gasteiger partial charge in [0.25, 0.3) is 5.91 Å². The van der Waals surface area contributed by atoms with E-state index in [1.54, 1.807) is 24.1 Å². The third-order valence-electron chi connectivity index (χ3n) is 4.40. The van der Waals surface area contributed by atoms with Crippen LogP contribution in [0.15, 0.2) is 53.2 Å². The van der Waals surface area contributed by atoms with Gasteiger partial charge in [-0.3, -0.25) is 4.79 Å². The number of nitrogens with zero attached hydrogens (tertiary/aromatic N) is 5. The minimum Gasteiger partial charge on any atom is -0.353 e. The zero-order valence-corrected chi connectivity index (χ0v) is 14.5. The lowest BCUT2D eigenvalue weighted by atomic mass is 10.2. The van der Waals surface area contributed by atoms with E-state index in [4.69, 9.17) is 4.52 Å². The fourth-order valence-corrected chi connectivity index (χ4v) is 3.01. The number of amides is 1. The first-order chi connectivity index (χ1) is 12.7. The van der Waals surface area contributed by atoms with Gasteiger partial charge in [-0.2, -0.15) is 0 Å². The average molecular weight is 349 g/mol. The van der Waals surface area contributed by atoms with E-state index < -0.39 is 0 Å². The molecule has 0 bridgehead atoms. The van der Waals surface area contributed by atoms with Crippen molar-refractivity contribution in [1.29, 1.82) is 0 Å². The lowest BCUT2D eigenvalue weighted by Gasteiger charge is -2.34. The van der Waals surface area contributed by atoms with Crippen LogP contribution in [-0.4, -0.2) is 52.1 Å². The molecule has 7 nitrogen and oxygen atoms in total. The minimum atomic E-state index is -0.113. The van der Waals surface area contributed by atoms with Crippen LogP contribution in [0.4, 0.5) is 5.82 Å². The van der Waals surface area contributed by atoms with Gasteiger partial charge in [0, 0.05) is 44.0 Å². The van der Waals surface area contributed by atoms with E-state index in [0.29, 0.717) is 43.5 Å². The summed E-state index contributed by atoms with van der Waals surface area (Å²) in [4.78, 5) is 25.4. The third kappa shape index (κ3) is 3.28. The van der Waals surface area contributed by atoms with Gasteiger partial charge in [0.2, 0.25) is 5.76 Å². The molecule has 1 aliphatic heterocycles. The number of carbonyl (C=O) groups excluding carboxylic acids is 1. The zero-order valence-electron chi connectivity index (χ0n) is 14.5. The first-order valence-corrected chi connectivity index (χ1v) is 8.57. The monoisotopic (exact) mass is 349 g/mol. The van der Waals surface area contributed by atoms with Crippen LogP contribution in [-0.2, 0) is 0 Å². The molecule has 3 aromatic rings. The summed E-state index contributed by atoms with van der Waals surface area (Å²) in [5.74, 6) is 1.77. The summed E-state index contributed by atoms with van der Waals surface area (Å²) in [5, 5.41) is 3.78. The molecule has 3 heterocycles. The second kappa shape index (κ2) is 6.95. The highest BCUT2D eigenvalue weighted by Gasteiger charge is 2.25. The third-order valence-corrected chi connectivity index (χ3v) is 4.40. The molecule has 2 aromatic heterocycles. The Kier molecular flexibility index (Phi) is 4.35. The molecule has 132 valence electrons. The lowest BCUT2D eigenvalue weighted by molar-refractivity contribution is 0.0704. The lowest BCUT2D eigenvalue weighted by Crippen LogP contribution is -2.49. The zero-order chi connectivity index (χ0) is 17.9. The number of hydrogen-bond acceptors (Lipinski definition) is 6. The Morgan fingerprint density at radius 1 is 1.08 bits per heavy atom. The van der Waals surface area contributed by atoms with Crippen molar-refractivity contribution in [3.05, 3.63) is 60.1 Å². The van der Waals surface area contributed by atoms with Crippen molar-refractivity contribution in [2.24, 2.45) is 0 Å². The van der Waals surface area contributed by atoms with Crippen molar-refractivity contribution in [3.8, 4) is 11.4 Å². The molecule has 0 N–H and O–H groups in total. The highest BCUT2D eigenvalue weighted by molar-refractivity contribution is 5.91. The van der Waals surface area contributed by atoms with Crippen LogP contribution in [0.1, 0.15) is 16.2 Å². The van der Waals surface area contributed by atoms with Gasteiger partial charge in [-0.15, -0.1) is 0 Å². The van der Waals surface area contributed by atoms with E-state index in [2.05, 4.69) is 20.0 Å². The van der Waals surface area contributed by atoms with E-state index >= 15 is 0 Å². The van der Waals surface area contributed by atoms with Gasteiger partial charge in [0.15, 0.2) is 5.82 Å². The molecule has 0 unspecified atom stereocenters. The van der Waals surface area contributed by atoms with Gasteiger partial charge >= 0.3 is 0 Å². The first-order valence-electron chi connectivity index (χ1n) is 8.57. The Morgan fingerprint density at radius 3 is 2.54 bits per heavy atom. The van der Waals surface area contributed by atoms with E-state index in [-0.39, 0.29) is 5.91 Å². The predicted molar refractivity (Wildman–Crippen MR) is 96.8 cm³/mol. The normalized spacial score (nSPS) is 14.5. The predicted octanol–water partition coefficient (Wildman–Crippen LogP) is 2.40. The number of aromatic nitrogens is 3. The molecule has 0 radical (unpaired) electrons. The van der Waals surface area contributed by atoms with Crippen molar-refractivity contribution in [1.82, 2.24) is 20.0 Å². The molecule has 1 fully saturated rings. The molecule has 0 atom stereocenters. The molecule has 1 amide bonds. The quantitative estimate of drug-likeness (QED) is 0.723. The second-order valence-corrected chi connectivity index (χ2v) is 6.22. The minimum absolute atomic E-state index is 0.113. The molecule has 0 spiro atoms. The number of anilines is 1. The van der Waals surface area contributed by atoms with Crippen molar-refractivity contribution >= 4 is 11.7 Å². The van der Waals surface area contributed by atoms with Crippen molar-refractivity contribution in [2.45, 2.75) is 6.92 Å². The van der Waals surface area contributed by atoms with E-state index in [1.807, 2.05) is 36.4 Å². The summed E-state index contributed by atoms with van der Waals surface area (Å²) in [5.41, 5.74) is 1.70. The second-order valence-electron chi connectivity index (χ2n) is 6.22. The van der Waals surface area contributed by atoms with E-state index in [9.17, 15) is 4.79 Å². The fourth-order valence-electron chi connectivity index (χ4n) is 3.01. The van der Waals surface area contributed by atoms with Crippen molar-refractivity contribution < 1.29 is 9.32 Å². The van der Waals surface area contributed by atoms with Crippen LogP contribution in [0.5, 0.6) is 0 Å². The van der Waals surface area contributed by atoms with Crippen LogP contribution in [0.3, 0.4) is 0 Å². The van der Waals surface area contributed by atoms with Crippen LogP contribution in [0.2, 0.25) is 0 Å². The number of rotatable bonds is 3. The average Bonchev–Trinajstić information content (AvgIpc) is 3.15. The maximum atomic E-state index is 12.4. The molecular weight excluding hydrogens is 330 g/mol. The molecule has 1 saturated heterocycles. The van der Waals surface area contributed by atoms with Crippen molar-refractivity contribution in [3.63, 3.8) is 0 Å². The molecule has 1 aromatic carbocycles. The molecule has 26 heavy (non-hydrogen) atoms.